The van der Waals surface area contributed by atoms with Crippen molar-refractivity contribution in [2.75, 3.05) is 7.11 Å². The van der Waals surface area contributed by atoms with Gasteiger partial charge in [-0.15, -0.1) is 0 Å². The average molecular weight is 394 g/mol. The number of hydrogen-bond donors (Lipinski definition) is 2. The lowest BCUT2D eigenvalue weighted by Crippen LogP contribution is -2.24. The first-order valence-electron chi connectivity index (χ1n) is 9.44. The third kappa shape index (κ3) is 4.39. The predicted molar refractivity (Wildman–Crippen MR) is 110 cm³/mol. The van der Waals surface area contributed by atoms with Crippen LogP contribution in [0.5, 0.6) is 0 Å². The first-order valence-corrected chi connectivity index (χ1v) is 9.44. The Balaban J connectivity index is 1.70. The molecular formula is C22H26N4O3. The molecule has 3 aromatic rings. The fourth-order valence-electron chi connectivity index (χ4n) is 3.50. The van der Waals surface area contributed by atoms with Gasteiger partial charge in [0.05, 0.1) is 24.9 Å². The maximum absolute atomic E-state index is 12.6. The van der Waals surface area contributed by atoms with Gasteiger partial charge in [0.1, 0.15) is 5.69 Å². The van der Waals surface area contributed by atoms with Crippen molar-refractivity contribution in [3.63, 3.8) is 0 Å². The zero-order valence-corrected chi connectivity index (χ0v) is 17.4. The third-order valence-corrected chi connectivity index (χ3v) is 4.93. The normalized spacial score (nSPS) is 10.8. The van der Waals surface area contributed by atoms with Crippen molar-refractivity contribution in [3.8, 4) is 0 Å². The fourth-order valence-corrected chi connectivity index (χ4v) is 3.50. The summed E-state index contributed by atoms with van der Waals surface area (Å²) >= 11 is 0. The lowest BCUT2D eigenvalue weighted by atomic mass is 10.1. The van der Waals surface area contributed by atoms with Gasteiger partial charge in [0, 0.05) is 17.9 Å². The van der Waals surface area contributed by atoms with Gasteiger partial charge in [-0.25, -0.2) is 4.79 Å². The van der Waals surface area contributed by atoms with Crippen molar-refractivity contribution in [1.82, 2.24) is 20.1 Å². The first-order chi connectivity index (χ1) is 13.8. The smallest absolute Gasteiger partial charge is 0.339 e. The summed E-state index contributed by atoms with van der Waals surface area (Å²) < 4.78 is 6.76. The van der Waals surface area contributed by atoms with Crippen LogP contribution < -0.4 is 5.32 Å². The topological polar surface area (TPSA) is 89.0 Å². The number of aryl methyl sites for hydroxylation is 3. The van der Waals surface area contributed by atoms with E-state index in [1.54, 1.807) is 13.8 Å². The monoisotopic (exact) mass is 394 g/mol. The summed E-state index contributed by atoms with van der Waals surface area (Å²) in [5, 5.41) is 7.41. The number of nitrogens with one attached hydrogen (secondary N) is 2. The summed E-state index contributed by atoms with van der Waals surface area (Å²) in [5.74, 6) is -0.711. The van der Waals surface area contributed by atoms with Crippen LogP contribution in [0.15, 0.2) is 30.3 Å². The van der Waals surface area contributed by atoms with Crippen LogP contribution >= 0.6 is 0 Å². The molecule has 29 heavy (non-hydrogen) atoms. The molecule has 0 bridgehead atoms. The number of esters is 1. The molecule has 2 aromatic heterocycles. The molecule has 0 fully saturated rings. The lowest BCUT2D eigenvalue weighted by Gasteiger charge is -2.09. The highest BCUT2D eigenvalue weighted by atomic mass is 16.5. The Morgan fingerprint density at radius 3 is 2.52 bits per heavy atom. The Kier molecular flexibility index (Phi) is 5.87. The van der Waals surface area contributed by atoms with Crippen molar-refractivity contribution in [1.29, 1.82) is 0 Å². The standard InChI is InChI=1S/C22H26N4O3/c1-13-9-14(2)26(25-13)12-18-8-6-7-17(10-18)11-23-21(27)20-15(3)19(16(4)24-20)22(28)29-5/h6-10,24H,11-12H2,1-5H3,(H,23,27). The maximum Gasteiger partial charge on any atom is 0.339 e. The van der Waals surface area contributed by atoms with Crippen LogP contribution in [-0.4, -0.2) is 33.8 Å². The lowest BCUT2D eigenvalue weighted by molar-refractivity contribution is 0.0599. The maximum atomic E-state index is 12.6. The largest absolute Gasteiger partial charge is 0.465 e. The van der Waals surface area contributed by atoms with E-state index in [1.807, 2.05) is 42.8 Å². The molecule has 0 saturated heterocycles. The van der Waals surface area contributed by atoms with E-state index < -0.39 is 5.97 Å². The SMILES string of the molecule is COC(=O)c1c(C)[nH]c(C(=O)NCc2cccc(Cn3nc(C)cc3C)c2)c1C. The summed E-state index contributed by atoms with van der Waals surface area (Å²) in [4.78, 5) is 27.5. The molecule has 0 saturated carbocycles. The van der Waals surface area contributed by atoms with Crippen LogP contribution in [0, 0.1) is 27.7 Å². The molecule has 0 radical (unpaired) electrons. The molecule has 0 aliphatic carbocycles. The first kappa shape index (κ1) is 20.4. The van der Waals surface area contributed by atoms with Crippen LogP contribution in [0.1, 0.15) is 54.6 Å². The molecule has 2 N–H and O–H groups in total. The van der Waals surface area contributed by atoms with Gasteiger partial charge in [-0.05, 0) is 50.5 Å². The summed E-state index contributed by atoms with van der Waals surface area (Å²) in [5.41, 5.74) is 6.20. The van der Waals surface area contributed by atoms with Crippen LogP contribution in [0.2, 0.25) is 0 Å². The number of aromatic amines is 1. The number of carbonyl (C=O) groups excluding carboxylic acids is 2. The quantitative estimate of drug-likeness (QED) is 0.628. The number of H-pyrrole nitrogens is 1. The van der Waals surface area contributed by atoms with Crippen LogP contribution in [0.4, 0.5) is 0 Å². The van der Waals surface area contributed by atoms with Crippen molar-refractivity contribution in [3.05, 3.63) is 75.4 Å². The molecule has 0 unspecified atom stereocenters. The van der Waals surface area contributed by atoms with Crippen LogP contribution in [0.25, 0.3) is 0 Å². The van der Waals surface area contributed by atoms with Crippen LogP contribution in [0.3, 0.4) is 0 Å². The third-order valence-electron chi connectivity index (χ3n) is 4.93. The molecule has 7 heteroatoms. The van der Waals surface area contributed by atoms with Gasteiger partial charge in [-0.2, -0.15) is 5.10 Å². The summed E-state index contributed by atoms with van der Waals surface area (Å²) in [6, 6.07) is 10.1. The highest BCUT2D eigenvalue weighted by molar-refractivity contribution is 6.00. The fraction of sp³-hybridized carbons (Fsp3) is 0.318. The number of carbonyl (C=O) groups is 2. The van der Waals surface area contributed by atoms with E-state index in [0.29, 0.717) is 35.6 Å². The highest BCUT2D eigenvalue weighted by Gasteiger charge is 2.22. The van der Waals surface area contributed by atoms with E-state index in [1.165, 1.54) is 7.11 Å². The Hall–Kier alpha value is -3.35. The van der Waals surface area contributed by atoms with E-state index in [-0.39, 0.29) is 5.91 Å². The van der Waals surface area contributed by atoms with Gasteiger partial charge in [0.25, 0.3) is 5.91 Å². The van der Waals surface area contributed by atoms with E-state index in [4.69, 9.17) is 4.74 Å². The second kappa shape index (κ2) is 8.34. The Morgan fingerprint density at radius 2 is 1.86 bits per heavy atom. The number of ether oxygens (including phenoxy) is 1. The highest BCUT2D eigenvalue weighted by Crippen LogP contribution is 2.19. The molecule has 0 atom stereocenters. The molecular weight excluding hydrogens is 368 g/mol. The zero-order valence-electron chi connectivity index (χ0n) is 17.4. The molecule has 7 nitrogen and oxygen atoms in total. The predicted octanol–water partition coefficient (Wildman–Crippen LogP) is 3.21. The molecule has 1 aromatic carbocycles. The minimum atomic E-state index is -0.452. The Labute approximate surface area is 170 Å². The van der Waals surface area contributed by atoms with Gasteiger partial charge in [0.2, 0.25) is 0 Å². The minimum Gasteiger partial charge on any atom is -0.465 e. The zero-order chi connectivity index (χ0) is 21.1. The van der Waals surface area contributed by atoms with Gasteiger partial charge in [-0.3, -0.25) is 9.48 Å². The summed E-state index contributed by atoms with van der Waals surface area (Å²) in [6.45, 7) is 8.56. The van der Waals surface area contributed by atoms with Gasteiger partial charge in [-0.1, -0.05) is 24.3 Å². The van der Waals surface area contributed by atoms with E-state index >= 15 is 0 Å². The molecule has 2 heterocycles. The van der Waals surface area contributed by atoms with Crippen molar-refractivity contribution >= 4 is 11.9 Å². The van der Waals surface area contributed by atoms with Crippen molar-refractivity contribution in [2.45, 2.75) is 40.8 Å². The molecule has 0 spiro atoms. The number of rotatable bonds is 6. The summed E-state index contributed by atoms with van der Waals surface area (Å²) in [6.07, 6.45) is 0. The van der Waals surface area contributed by atoms with E-state index in [2.05, 4.69) is 21.5 Å². The van der Waals surface area contributed by atoms with Gasteiger partial charge < -0.3 is 15.0 Å². The number of aromatic nitrogens is 3. The number of nitrogens with zero attached hydrogens (tertiary/aromatic N) is 2. The molecule has 3 rings (SSSR count). The number of methoxy groups -OCH3 is 1. The van der Waals surface area contributed by atoms with E-state index in [9.17, 15) is 9.59 Å². The van der Waals surface area contributed by atoms with Crippen molar-refractivity contribution < 1.29 is 14.3 Å². The molecule has 152 valence electrons. The number of amides is 1. The van der Waals surface area contributed by atoms with Crippen molar-refractivity contribution in [2.24, 2.45) is 0 Å². The second-order valence-corrected chi connectivity index (χ2v) is 7.20. The Bertz CT molecular complexity index is 1060. The van der Waals surface area contributed by atoms with E-state index in [0.717, 1.165) is 22.5 Å². The molecule has 0 aliphatic rings. The Morgan fingerprint density at radius 1 is 1.14 bits per heavy atom. The molecule has 1 amide bonds. The average Bonchev–Trinajstić information content (AvgIpc) is 3.16. The minimum absolute atomic E-state index is 0.260. The molecule has 0 aliphatic heterocycles. The second-order valence-electron chi connectivity index (χ2n) is 7.20. The van der Waals surface area contributed by atoms with Gasteiger partial charge >= 0.3 is 5.97 Å². The van der Waals surface area contributed by atoms with Crippen LogP contribution in [-0.2, 0) is 17.8 Å². The number of hydrogen-bond acceptors (Lipinski definition) is 4. The van der Waals surface area contributed by atoms with Gasteiger partial charge in [0.15, 0.2) is 0 Å². The summed E-state index contributed by atoms with van der Waals surface area (Å²) in [7, 11) is 1.33. The number of benzene rings is 1.